The van der Waals surface area contributed by atoms with Gasteiger partial charge < -0.3 is 15.1 Å². The van der Waals surface area contributed by atoms with Crippen LogP contribution in [0.1, 0.15) is 5.56 Å². The van der Waals surface area contributed by atoms with Crippen LogP contribution in [0.5, 0.6) is 0 Å². The minimum absolute atomic E-state index is 0.0641. The number of hydrogen-bond donors (Lipinski definition) is 1. The van der Waals surface area contributed by atoms with Gasteiger partial charge in [0.05, 0.1) is 0 Å². The number of nitrogens with one attached hydrogen (secondary N) is 1. The molecule has 2 aliphatic heterocycles. The number of amides is 1. The van der Waals surface area contributed by atoms with Crippen molar-refractivity contribution in [2.45, 2.75) is 12.5 Å². The molecule has 1 fully saturated rings. The standard InChI is InChI=1S/C14H19N3O/c1-16-6-8-17(9-7-16)14(18)13-10-11-4-2-3-5-12(11)15-13/h2-5,13,15H,6-10H2,1H3. The zero-order valence-electron chi connectivity index (χ0n) is 10.7. The summed E-state index contributed by atoms with van der Waals surface area (Å²) < 4.78 is 0. The van der Waals surface area contributed by atoms with Crippen LogP contribution in [0.4, 0.5) is 5.69 Å². The van der Waals surface area contributed by atoms with Crippen molar-refractivity contribution in [2.24, 2.45) is 0 Å². The summed E-state index contributed by atoms with van der Waals surface area (Å²) in [5.41, 5.74) is 2.37. The number of nitrogens with zero attached hydrogens (tertiary/aromatic N) is 2. The number of likely N-dealkylation sites (N-methyl/N-ethyl adjacent to an activating group) is 1. The minimum atomic E-state index is -0.0641. The highest BCUT2D eigenvalue weighted by molar-refractivity contribution is 5.87. The maximum absolute atomic E-state index is 12.4. The van der Waals surface area contributed by atoms with Gasteiger partial charge >= 0.3 is 0 Å². The molecule has 1 unspecified atom stereocenters. The molecule has 1 N–H and O–H groups in total. The Hall–Kier alpha value is -1.55. The van der Waals surface area contributed by atoms with E-state index in [0.717, 1.165) is 38.3 Å². The Morgan fingerprint density at radius 1 is 1.22 bits per heavy atom. The predicted molar refractivity (Wildman–Crippen MR) is 71.6 cm³/mol. The molecule has 1 amide bonds. The van der Waals surface area contributed by atoms with Crippen molar-refractivity contribution in [3.63, 3.8) is 0 Å². The Kier molecular flexibility index (Phi) is 2.96. The summed E-state index contributed by atoms with van der Waals surface area (Å²) in [5, 5.41) is 3.34. The van der Waals surface area contributed by atoms with E-state index in [1.54, 1.807) is 0 Å². The van der Waals surface area contributed by atoms with Crippen molar-refractivity contribution < 1.29 is 4.79 Å². The Bertz CT molecular complexity index is 427. The van der Waals surface area contributed by atoms with Gasteiger partial charge in [-0.1, -0.05) is 18.2 Å². The van der Waals surface area contributed by atoms with Gasteiger partial charge in [-0.2, -0.15) is 0 Å². The van der Waals surface area contributed by atoms with Gasteiger partial charge in [-0.05, 0) is 18.7 Å². The van der Waals surface area contributed by atoms with Crippen LogP contribution in [0.15, 0.2) is 24.3 Å². The summed E-state index contributed by atoms with van der Waals surface area (Å²) >= 11 is 0. The van der Waals surface area contributed by atoms with E-state index in [9.17, 15) is 4.79 Å². The van der Waals surface area contributed by atoms with Crippen LogP contribution in [0.25, 0.3) is 0 Å². The highest BCUT2D eigenvalue weighted by Crippen LogP contribution is 2.26. The molecule has 1 aromatic carbocycles. The van der Waals surface area contributed by atoms with Gasteiger partial charge in [-0.3, -0.25) is 4.79 Å². The first-order chi connectivity index (χ1) is 8.74. The molecule has 0 aromatic heterocycles. The second-order valence-corrected chi connectivity index (χ2v) is 5.19. The number of rotatable bonds is 1. The minimum Gasteiger partial charge on any atom is -0.373 e. The SMILES string of the molecule is CN1CCN(C(=O)C2Cc3ccccc3N2)CC1. The average Bonchev–Trinajstić information content (AvgIpc) is 2.82. The molecule has 1 saturated heterocycles. The number of anilines is 1. The third kappa shape index (κ3) is 2.08. The molecule has 1 atom stereocenters. The van der Waals surface area contributed by atoms with E-state index in [-0.39, 0.29) is 11.9 Å². The number of para-hydroxylation sites is 1. The lowest BCUT2D eigenvalue weighted by molar-refractivity contribution is -0.133. The Labute approximate surface area is 108 Å². The topological polar surface area (TPSA) is 35.6 Å². The first kappa shape index (κ1) is 11.5. The Morgan fingerprint density at radius 2 is 1.94 bits per heavy atom. The molecule has 0 radical (unpaired) electrons. The maximum Gasteiger partial charge on any atom is 0.245 e. The third-order valence-corrected chi connectivity index (χ3v) is 3.88. The second-order valence-electron chi connectivity index (χ2n) is 5.19. The molecule has 96 valence electrons. The predicted octanol–water partition coefficient (Wildman–Crippen LogP) is 0.797. The normalized spacial score (nSPS) is 23.6. The van der Waals surface area contributed by atoms with E-state index in [0.29, 0.717) is 0 Å². The zero-order chi connectivity index (χ0) is 12.5. The zero-order valence-corrected chi connectivity index (χ0v) is 10.7. The van der Waals surface area contributed by atoms with Crippen molar-refractivity contribution in [2.75, 3.05) is 38.5 Å². The molecule has 2 aliphatic rings. The lowest BCUT2D eigenvalue weighted by Crippen LogP contribution is -2.51. The van der Waals surface area contributed by atoms with E-state index in [1.165, 1.54) is 5.56 Å². The highest BCUT2D eigenvalue weighted by atomic mass is 16.2. The number of fused-ring (bicyclic) bond motifs is 1. The molecule has 0 bridgehead atoms. The summed E-state index contributed by atoms with van der Waals surface area (Å²) in [6.45, 7) is 3.66. The molecule has 4 nitrogen and oxygen atoms in total. The van der Waals surface area contributed by atoms with Crippen molar-refractivity contribution in [3.8, 4) is 0 Å². The summed E-state index contributed by atoms with van der Waals surface area (Å²) in [6.07, 6.45) is 0.821. The van der Waals surface area contributed by atoms with Crippen LogP contribution in [0.3, 0.4) is 0 Å². The molecule has 0 saturated carbocycles. The monoisotopic (exact) mass is 245 g/mol. The summed E-state index contributed by atoms with van der Waals surface area (Å²) in [4.78, 5) is 16.7. The summed E-state index contributed by atoms with van der Waals surface area (Å²) in [5.74, 6) is 0.249. The van der Waals surface area contributed by atoms with Crippen molar-refractivity contribution in [3.05, 3.63) is 29.8 Å². The first-order valence-electron chi connectivity index (χ1n) is 6.56. The smallest absolute Gasteiger partial charge is 0.245 e. The van der Waals surface area contributed by atoms with Gasteiger partial charge in [0.1, 0.15) is 6.04 Å². The number of carbonyl (C=O) groups is 1. The van der Waals surface area contributed by atoms with Crippen molar-refractivity contribution in [1.82, 2.24) is 9.80 Å². The van der Waals surface area contributed by atoms with Gasteiger partial charge in [-0.25, -0.2) is 0 Å². The molecule has 0 aliphatic carbocycles. The third-order valence-electron chi connectivity index (χ3n) is 3.88. The molecule has 3 rings (SSSR count). The number of carbonyl (C=O) groups excluding carboxylic acids is 1. The van der Waals surface area contributed by atoms with Crippen LogP contribution in [-0.2, 0) is 11.2 Å². The van der Waals surface area contributed by atoms with Gasteiger partial charge in [-0.15, -0.1) is 0 Å². The first-order valence-corrected chi connectivity index (χ1v) is 6.56. The number of hydrogen-bond acceptors (Lipinski definition) is 3. The van der Waals surface area contributed by atoms with Gasteiger partial charge in [0, 0.05) is 38.3 Å². The molecular weight excluding hydrogens is 226 g/mol. The van der Waals surface area contributed by atoms with E-state index in [4.69, 9.17) is 0 Å². The molecule has 18 heavy (non-hydrogen) atoms. The fraction of sp³-hybridized carbons (Fsp3) is 0.500. The van der Waals surface area contributed by atoms with Crippen molar-refractivity contribution >= 4 is 11.6 Å². The van der Waals surface area contributed by atoms with Gasteiger partial charge in [0.25, 0.3) is 0 Å². The number of piperazine rings is 1. The molecule has 0 spiro atoms. The van der Waals surface area contributed by atoms with Crippen LogP contribution >= 0.6 is 0 Å². The fourth-order valence-corrected chi connectivity index (χ4v) is 2.69. The van der Waals surface area contributed by atoms with Crippen LogP contribution in [0, 0.1) is 0 Å². The summed E-state index contributed by atoms with van der Waals surface area (Å²) in [6, 6.07) is 8.12. The van der Waals surface area contributed by atoms with Crippen LogP contribution in [0.2, 0.25) is 0 Å². The lowest BCUT2D eigenvalue weighted by atomic mass is 10.1. The van der Waals surface area contributed by atoms with Crippen molar-refractivity contribution in [1.29, 1.82) is 0 Å². The molecule has 2 heterocycles. The Balaban J connectivity index is 1.65. The lowest BCUT2D eigenvalue weighted by Gasteiger charge is -2.34. The molecule has 4 heteroatoms. The molecule has 1 aromatic rings. The fourth-order valence-electron chi connectivity index (χ4n) is 2.69. The van der Waals surface area contributed by atoms with E-state index < -0.39 is 0 Å². The van der Waals surface area contributed by atoms with E-state index >= 15 is 0 Å². The average molecular weight is 245 g/mol. The largest absolute Gasteiger partial charge is 0.373 e. The number of benzene rings is 1. The van der Waals surface area contributed by atoms with Gasteiger partial charge in [0.15, 0.2) is 0 Å². The molecular formula is C14H19N3O. The quantitative estimate of drug-likeness (QED) is 0.795. The second kappa shape index (κ2) is 4.61. The Morgan fingerprint density at radius 3 is 2.67 bits per heavy atom. The van der Waals surface area contributed by atoms with E-state index in [1.807, 2.05) is 23.1 Å². The van der Waals surface area contributed by atoms with Gasteiger partial charge in [0.2, 0.25) is 5.91 Å². The van der Waals surface area contributed by atoms with Crippen LogP contribution < -0.4 is 5.32 Å². The van der Waals surface area contributed by atoms with Crippen LogP contribution in [-0.4, -0.2) is 55.0 Å². The maximum atomic E-state index is 12.4. The summed E-state index contributed by atoms with van der Waals surface area (Å²) in [7, 11) is 2.10. The highest BCUT2D eigenvalue weighted by Gasteiger charge is 2.30. The van der Waals surface area contributed by atoms with E-state index in [2.05, 4.69) is 23.3 Å².